The van der Waals surface area contributed by atoms with Gasteiger partial charge in [-0.05, 0) is 44.0 Å². The van der Waals surface area contributed by atoms with E-state index in [-0.39, 0.29) is 0 Å². The van der Waals surface area contributed by atoms with Gasteiger partial charge in [-0.2, -0.15) is 0 Å². The van der Waals surface area contributed by atoms with E-state index in [1.54, 1.807) is 6.33 Å². The minimum atomic E-state index is 0.731. The van der Waals surface area contributed by atoms with Crippen molar-refractivity contribution in [3.05, 3.63) is 41.9 Å². The number of fused-ring (bicyclic) bond motifs is 1. The Hall–Kier alpha value is -1.85. The van der Waals surface area contributed by atoms with E-state index < -0.39 is 0 Å². The van der Waals surface area contributed by atoms with Crippen LogP contribution in [0.3, 0.4) is 0 Å². The van der Waals surface area contributed by atoms with Crippen molar-refractivity contribution >= 4 is 21.6 Å². The lowest BCUT2D eigenvalue weighted by Crippen LogP contribution is -2.28. The zero-order valence-electron chi connectivity index (χ0n) is 13.3. The molecule has 1 fully saturated rings. The highest BCUT2D eigenvalue weighted by Gasteiger charge is 2.20. The molecule has 2 aromatic heterocycles. The topological polar surface area (TPSA) is 41.9 Å². The molecule has 0 amide bonds. The van der Waals surface area contributed by atoms with Gasteiger partial charge in [0.15, 0.2) is 0 Å². The average molecular weight is 324 g/mol. The Morgan fingerprint density at radius 3 is 2.87 bits per heavy atom. The second-order valence-corrected chi connectivity index (χ2v) is 7.31. The molecule has 1 atom stereocenters. The van der Waals surface area contributed by atoms with E-state index >= 15 is 0 Å². The minimum absolute atomic E-state index is 0.731. The second-order valence-electron chi connectivity index (χ2n) is 6.19. The van der Waals surface area contributed by atoms with Crippen molar-refractivity contribution in [1.29, 1.82) is 0 Å². The summed E-state index contributed by atoms with van der Waals surface area (Å²) in [4.78, 5) is 15.6. The number of likely N-dealkylation sites (tertiary alicyclic amines) is 1. The highest BCUT2D eigenvalue weighted by Crippen LogP contribution is 2.28. The van der Waals surface area contributed by atoms with E-state index in [1.807, 2.05) is 23.7 Å². The first-order valence-electron chi connectivity index (χ1n) is 8.18. The molecule has 23 heavy (non-hydrogen) atoms. The number of thiazole rings is 1. The highest BCUT2D eigenvalue weighted by molar-refractivity contribution is 7.18. The van der Waals surface area contributed by atoms with E-state index in [1.165, 1.54) is 29.1 Å². The van der Waals surface area contributed by atoms with Gasteiger partial charge in [-0.15, -0.1) is 11.3 Å². The predicted octanol–water partition coefficient (Wildman–Crippen LogP) is 3.78. The van der Waals surface area contributed by atoms with Crippen molar-refractivity contribution in [3.63, 3.8) is 0 Å². The van der Waals surface area contributed by atoms with Crippen molar-refractivity contribution in [2.24, 2.45) is 0 Å². The summed E-state index contributed by atoms with van der Waals surface area (Å²) >= 11 is 1.81. The Labute approximate surface area is 140 Å². The van der Waals surface area contributed by atoms with E-state index in [9.17, 15) is 0 Å². The maximum atomic E-state index is 4.79. The summed E-state index contributed by atoms with van der Waals surface area (Å²) in [5.74, 6) is 0. The molecule has 118 valence electrons. The van der Waals surface area contributed by atoms with Crippen LogP contribution in [0.2, 0.25) is 0 Å². The number of hydrogen-bond acceptors (Lipinski definition) is 5. The fourth-order valence-corrected chi connectivity index (χ4v) is 4.27. The number of rotatable bonds is 4. The Kier molecular flexibility index (Phi) is 4.06. The molecule has 0 spiro atoms. The molecule has 0 bridgehead atoms. The van der Waals surface area contributed by atoms with E-state index in [0.717, 1.165) is 35.7 Å². The lowest BCUT2D eigenvalue weighted by Gasteiger charge is -2.19. The molecule has 1 aliphatic rings. The van der Waals surface area contributed by atoms with Crippen LogP contribution in [0.25, 0.3) is 21.3 Å². The molecule has 0 N–H and O–H groups in total. The summed E-state index contributed by atoms with van der Waals surface area (Å²) in [5.41, 5.74) is 3.30. The summed E-state index contributed by atoms with van der Waals surface area (Å²) in [5, 5.41) is 1.24. The largest absolute Gasteiger partial charge is 0.300 e. The normalized spacial score (nSPS) is 18.7. The maximum absolute atomic E-state index is 4.79. The fraction of sp³-hybridized carbons (Fsp3) is 0.389. The lowest BCUT2D eigenvalue weighted by atomic mass is 10.1. The van der Waals surface area contributed by atoms with E-state index in [2.05, 4.69) is 40.0 Å². The lowest BCUT2D eigenvalue weighted by molar-refractivity contribution is 0.272. The van der Waals surface area contributed by atoms with Gasteiger partial charge >= 0.3 is 0 Å². The van der Waals surface area contributed by atoms with Crippen molar-refractivity contribution in [2.75, 3.05) is 13.1 Å². The SMILES string of the molecule is CC1CCCN1CCc1nc2ccc(-c3cncnc3)cc2s1. The van der Waals surface area contributed by atoms with Gasteiger partial charge in [-0.25, -0.2) is 15.0 Å². The third-order valence-electron chi connectivity index (χ3n) is 4.63. The molecule has 0 aliphatic carbocycles. The Balaban J connectivity index is 1.54. The maximum Gasteiger partial charge on any atom is 0.115 e. The molecular formula is C18H20N4S. The quantitative estimate of drug-likeness (QED) is 0.732. The summed E-state index contributed by atoms with van der Waals surface area (Å²) in [6, 6.07) is 7.14. The monoisotopic (exact) mass is 324 g/mol. The number of aromatic nitrogens is 3. The van der Waals surface area contributed by atoms with Gasteiger partial charge in [0.1, 0.15) is 6.33 Å². The van der Waals surface area contributed by atoms with Gasteiger partial charge in [0.05, 0.1) is 15.2 Å². The Morgan fingerprint density at radius 2 is 2.09 bits per heavy atom. The zero-order chi connectivity index (χ0) is 15.6. The van der Waals surface area contributed by atoms with Gasteiger partial charge in [-0.3, -0.25) is 0 Å². The number of nitrogens with zero attached hydrogens (tertiary/aromatic N) is 4. The first-order chi connectivity index (χ1) is 11.3. The zero-order valence-corrected chi connectivity index (χ0v) is 14.1. The second kappa shape index (κ2) is 6.34. The molecule has 4 rings (SSSR count). The van der Waals surface area contributed by atoms with Crippen LogP contribution in [0.5, 0.6) is 0 Å². The molecule has 1 aliphatic heterocycles. The van der Waals surface area contributed by atoms with Crippen LogP contribution in [0.15, 0.2) is 36.9 Å². The third-order valence-corrected chi connectivity index (χ3v) is 5.71. The molecule has 0 saturated carbocycles. The fourth-order valence-electron chi connectivity index (χ4n) is 3.27. The van der Waals surface area contributed by atoms with Crippen molar-refractivity contribution < 1.29 is 0 Å². The van der Waals surface area contributed by atoms with Gasteiger partial charge in [0.2, 0.25) is 0 Å². The van der Waals surface area contributed by atoms with Crippen LogP contribution in [-0.4, -0.2) is 39.0 Å². The van der Waals surface area contributed by atoms with Crippen LogP contribution in [0.4, 0.5) is 0 Å². The molecule has 1 aromatic carbocycles. The van der Waals surface area contributed by atoms with Gasteiger partial charge < -0.3 is 4.90 Å². The Morgan fingerprint density at radius 1 is 1.22 bits per heavy atom. The molecule has 0 radical (unpaired) electrons. The average Bonchev–Trinajstić information content (AvgIpc) is 3.18. The standard InChI is InChI=1S/C18H20N4S/c1-13-3-2-7-22(13)8-6-18-21-16-5-4-14(9-17(16)23-18)15-10-19-12-20-11-15/h4-5,9-13H,2-3,6-8H2,1H3. The number of hydrogen-bond donors (Lipinski definition) is 0. The van der Waals surface area contributed by atoms with Crippen LogP contribution in [0, 0.1) is 0 Å². The minimum Gasteiger partial charge on any atom is -0.300 e. The van der Waals surface area contributed by atoms with E-state index in [4.69, 9.17) is 4.98 Å². The molecule has 5 heteroatoms. The summed E-state index contributed by atoms with van der Waals surface area (Å²) in [6.45, 7) is 4.70. The molecular weight excluding hydrogens is 304 g/mol. The van der Waals surface area contributed by atoms with Crippen LogP contribution < -0.4 is 0 Å². The molecule has 1 saturated heterocycles. The third kappa shape index (κ3) is 3.12. The molecule has 4 nitrogen and oxygen atoms in total. The summed E-state index contributed by atoms with van der Waals surface area (Å²) < 4.78 is 1.25. The van der Waals surface area contributed by atoms with Crippen molar-refractivity contribution in [1.82, 2.24) is 19.9 Å². The molecule has 3 aromatic rings. The van der Waals surface area contributed by atoms with E-state index in [0.29, 0.717) is 0 Å². The van der Waals surface area contributed by atoms with Crippen LogP contribution in [-0.2, 0) is 6.42 Å². The molecule has 3 heterocycles. The van der Waals surface area contributed by atoms with Gasteiger partial charge in [-0.1, -0.05) is 6.07 Å². The van der Waals surface area contributed by atoms with Gasteiger partial charge in [0, 0.05) is 37.0 Å². The highest BCUT2D eigenvalue weighted by atomic mass is 32.1. The Bertz CT molecular complexity index is 799. The predicted molar refractivity (Wildman–Crippen MR) is 94.6 cm³/mol. The number of benzene rings is 1. The van der Waals surface area contributed by atoms with Gasteiger partial charge in [0.25, 0.3) is 0 Å². The van der Waals surface area contributed by atoms with Crippen LogP contribution in [0.1, 0.15) is 24.8 Å². The summed E-state index contributed by atoms with van der Waals surface area (Å²) in [6.07, 6.45) is 8.99. The van der Waals surface area contributed by atoms with Crippen molar-refractivity contribution in [2.45, 2.75) is 32.2 Å². The van der Waals surface area contributed by atoms with Crippen molar-refractivity contribution in [3.8, 4) is 11.1 Å². The van der Waals surface area contributed by atoms with Crippen LogP contribution >= 0.6 is 11.3 Å². The smallest absolute Gasteiger partial charge is 0.115 e. The summed E-state index contributed by atoms with van der Waals surface area (Å²) in [7, 11) is 0. The first-order valence-corrected chi connectivity index (χ1v) is 9.00. The first kappa shape index (κ1) is 14.7. The molecule has 1 unspecified atom stereocenters.